The van der Waals surface area contributed by atoms with Crippen molar-refractivity contribution in [1.82, 2.24) is 0 Å². The molecular formula is C9H11NO4. The molecule has 0 aromatic heterocycles. The first-order chi connectivity index (χ1) is 6.63. The van der Waals surface area contributed by atoms with E-state index in [9.17, 15) is 9.59 Å². The SMILES string of the molecule is N=C1C(=O)OC2(CCCCC2)OC1=O. The molecule has 2 rings (SSSR count). The third-order valence-corrected chi connectivity index (χ3v) is 2.58. The van der Waals surface area contributed by atoms with Crippen LogP contribution < -0.4 is 0 Å². The van der Waals surface area contributed by atoms with E-state index in [1.54, 1.807) is 0 Å². The molecule has 2 fully saturated rings. The molecule has 76 valence electrons. The number of hydrogen-bond acceptors (Lipinski definition) is 5. The molecule has 1 saturated carbocycles. The van der Waals surface area contributed by atoms with Gasteiger partial charge in [0.15, 0.2) is 0 Å². The van der Waals surface area contributed by atoms with Crippen molar-refractivity contribution in [2.45, 2.75) is 37.9 Å². The van der Waals surface area contributed by atoms with Crippen molar-refractivity contribution in [3.8, 4) is 0 Å². The molecule has 1 N–H and O–H groups in total. The van der Waals surface area contributed by atoms with E-state index >= 15 is 0 Å². The number of rotatable bonds is 0. The molecule has 0 atom stereocenters. The van der Waals surface area contributed by atoms with Crippen molar-refractivity contribution < 1.29 is 19.1 Å². The van der Waals surface area contributed by atoms with Crippen molar-refractivity contribution in [2.75, 3.05) is 0 Å². The van der Waals surface area contributed by atoms with Gasteiger partial charge in [0.05, 0.1) is 0 Å². The van der Waals surface area contributed by atoms with Crippen molar-refractivity contribution >= 4 is 17.7 Å². The van der Waals surface area contributed by atoms with Crippen molar-refractivity contribution in [2.24, 2.45) is 0 Å². The number of ether oxygens (including phenoxy) is 2. The Kier molecular flexibility index (Phi) is 2.02. The minimum absolute atomic E-state index is 0.553. The summed E-state index contributed by atoms with van der Waals surface area (Å²) in [5.41, 5.74) is -0.707. The summed E-state index contributed by atoms with van der Waals surface area (Å²) in [5, 5.41) is 7.05. The van der Waals surface area contributed by atoms with E-state index < -0.39 is 23.4 Å². The molecule has 1 spiro atoms. The summed E-state index contributed by atoms with van der Waals surface area (Å²) >= 11 is 0. The van der Waals surface area contributed by atoms with E-state index in [4.69, 9.17) is 14.9 Å². The highest BCUT2D eigenvalue weighted by Gasteiger charge is 2.46. The van der Waals surface area contributed by atoms with Crippen LogP contribution in [0.4, 0.5) is 0 Å². The molecule has 0 aromatic carbocycles. The highest BCUT2D eigenvalue weighted by Crippen LogP contribution is 2.35. The molecule has 0 amide bonds. The van der Waals surface area contributed by atoms with E-state index in [2.05, 4.69) is 0 Å². The summed E-state index contributed by atoms with van der Waals surface area (Å²) < 4.78 is 9.98. The Hall–Kier alpha value is -1.39. The van der Waals surface area contributed by atoms with Crippen molar-refractivity contribution in [1.29, 1.82) is 5.41 Å². The first kappa shape index (κ1) is 9.18. The van der Waals surface area contributed by atoms with Gasteiger partial charge >= 0.3 is 11.9 Å². The van der Waals surface area contributed by atoms with Crippen LogP contribution in [-0.2, 0) is 19.1 Å². The maximum absolute atomic E-state index is 11.1. The second-order valence-electron chi connectivity index (χ2n) is 3.63. The third kappa shape index (κ3) is 1.38. The molecule has 1 saturated heterocycles. The Bertz CT molecular complexity index is 282. The molecule has 14 heavy (non-hydrogen) atoms. The summed E-state index contributed by atoms with van der Waals surface area (Å²) in [6.45, 7) is 0. The molecule has 0 unspecified atom stereocenters. The Morgan fingerprint density at radius 3 is 2.00 bits per heavy atom. The highest BCUT2D eigenvalue weighted by atomic mass is 16.7. The average Bonchev–Trinajstić information content (AvgIpc) is 2.15. The van der Waals surface area contributed by atoms with Crippen molar-refractivity contribution in [3.63, 3.8) is 0 Å². The number of hydrogen-bond donors (Lipinski definition) is 1. The number of esters is 2. The van der Waals surface area contributed by atoms with E-state index in [0.29, 0.717) is 12.8 Å². The fourth-order valence-electron chi connectivity index (χ4n) is 1.84. The third-order valence-electron chi connectivity index (χ3n) is 2.58. The van der Waals surface area contributed by atoms with Crippen LogP contribution >= 0.6 is 0 Å². The van der Waals surface area contributed by atoms with Gasteiger partial charge in [0.25, 0.3) is 5.79 Å². The molecule has 1 heterocycles. The summed E-state index contributed by atoms with van der Waals surface area (Å²) in [5.74, 6) is -2.77. The van der Waals surface area contributed by atoms with Gasteiger partial charge in [0.2, 0.25) is 5.71 Å². The van der Waals surface area contributed by atoms with Gasteiger partial charge in [-0.25, -0.2) is 9.59 Å². The van der Waals surface area contributed by atoms with Crippen LogP contribution in [0.2, 0.25) is 0 Å². The molecule has 1 aliphatic carbocycles. The van der Waals surface area contributed by atoms with E-state index in [1.165, 1.54) is 0 Å². The Morgan fingerprint density at radius 1 is 1.00 bits per heavy atom. The molecular weight excluding hydrogens is 186 g/mol. The maximum Gasteiger partial charge on any atom is 0.367 e. The van der Waals surface area contributed by atoms with Gasteiger partial charge < -0.3 is 9.47 Å². The van der Waals surface area contributed by atoms with E-state index in [-0.39, 0.29) is 0 Å². The first-order valence-corrected chi connectivity index (χ1v) is 4.68. The molecule has 1 aliphatic heterocycles. The summed E-state index contributed by atoms with van der Waals surface area (Å²) in [7, 11) is 0. The lowest BCUT2D eigenvalue weighted by molar-refractivity contribution is -0.237. The molecule has 0 radical (unpaired) electrons. The summed E-state index contributed by atoms with van der Waals surface area (Å²) in [6, 6.07) is 0. The van der Waals surface area contributed by atoms with Crippen LogP contribution in [0, 0.1) is 5.41 Å². The molecule has 0 bridgehead atoms. The second-order valence-corrected chi connectivity index (χ2v) is 3.63. The average molecular weight is 197 g/mol. The van der Waals surface area contributed by atoms with Crippen LogP contribution in [-0.4, -0.2) is 23.4 Å². The zero-order chi connectivity index (χ0) is 10.2. The fourth-order valence-corrected chi connectivity index (χ4v) is 1.84. The summed E-state index contributed by atoms with van der Waals surface area (Å²) in [6.07, 6.45) is 3.94. The van der Waals surface area contributed by atoms with Crippen molar-refractivity contribution in [3.05, 3.63) is 0 Å². The standard InChI is InChI=1S/C9H11NO4/c10-6-7(11)13-9(14-8(6)12)4-2-1-3-5-9/h10H,1-5H2. The van der Waals surface area contributed by atoms with Crippen LogP contribution in [0.25, 0.3) is 0 Å². The predicted octanol–water partition coefficient (Wildman–Crippen LogP) is 0.767. The number of nitrogens with one attached hydrogen (secondary N) is 1. The van der Waals surface area contributed by atoms with Crippen LogP contribution in [0.3, 0.4) is 0 Å². The lowest BCUT2D eigenvalue weighted by Crippen LogP contribution is -2.51. The zero-order valence-corrected chi connectivity index (χ0v) is 7.67. The lowest BCUT2D eigenvalue weighted by atomic mass is 9.93. The van der Waals surface area contributed by atoms with Crippen LogP contribution in [0.5, 0.6) is 0 Å². The summed E-state index contributed by atoms with van der Waals surface area (Å²) in [4.78, 5) is 22.3. The minimum atomic E-state index is -1.06. The van der Waals surface area contributed by atoms with Gasteiger partial charge in [-0.1, -0.05) is 6.42 Å². The van der Waals surface area contributed by atoms with Crippen LogP contribution in [0.1, 0.15) is 32.1 Å². The van der Waals surface area contributed by atoms with Gasteiger partial charge in [-0.15, -0.1) is 0 Å². The first-order valence-electron chi connectivity index (χ1n) is 4.68. The normalized spacial score (nSPS) is 25.9. The highest BCUT2D eigenvalue weighted by molar-refractivity contribution is 6.62. The van der Waals surface area contributed by atoms with Gasteiger partial charge in [-0.05, 0) is 12.8 Å². The lowest BCUT2D eigenvalue weighted by Gasteiger charge is -2.38. The van der Waals surface area contributed by atoms with E-state index in [0.717, 1.165) is 19.3 Å². The quantitative estimate of drug-likeness (QED) is 0.582. The Balaban J connectivity index is 2.18. The smallest absolute Gasteiger partial charge is 0.367 e. The van der Waals surface area contributed by atoms with Gasteiger partial charge in [0, 0.05) is 12.8 Å². The minimum Gasteiger partial charge on any atom is -0.418 e. The molecule has 5 heteroatoms. The molecule has 5 nitrogen and oxygen atoms in total. The Labute approximate surface area is 80.9 Å². The second kappa shape index (κ2) is 3.08. The topological polar surface area (TPSA) is 76.5 Å². The number of carbonyl (C=O) groups excluding carboxylic acids is 2. The van der Waals surface area contributed by atoms with Gasteiger partial charge in [-0.2, -0.15) is 0 Å². The Morgan fingerprint density at radius 2 is 1.50 bits per heavy atom. The fraction of sp³-hybridized carbons (Fsp3) is 0.667. The zero-order valence-electron chi connectivity index (χ0n) is 7.67. The molecule has 2 aliphatic rings. The van der Waals surface area contributed by atoms with E-state index in [1.807, 2.05) is 0 Å². The van der Waals surface area contributed by atoms with Crippen LogP contribution in [0.15, 0.2) is 0 Å². The maximum atomic E-state index is 11.1. The molecule has 0 aromatic rings. The largest absolute Gasteiger partial charge is 0.418 e. The number of carbonyl (C=O) groups is 2. The van der Waals surface area contributed by atoms with Gasteiger partial charge in [-0.3, -0.25) is 5.41 Å². The monoisotopic (exact) mass is 197 g/mol. The van der Waals surface area contributed by atoms with Gasteiger partial charge in [0.1, 0.15) is 0 Å². The predicted molar refractivity (Wildman–Crippen MR) is 45.7 cm³/mol.